The van der Waals surface area contributed by atoms with Gasteiger partial charge in [-0.3, -0.25) is 4.79 Å². The number of urea groups is 1. The molecule has 0 bridgehead atoms. The fraction of sp³-hybridized carbons (Fsp3) is 0.429. The van der Waals surface area contributed by atoms with Gasteiger partial charge in [-0.05, 0) is 18.2 Å². The summed E-state index contributed by atoms with van der Waals surface area (Å²) >= 11 is 0. The van der Waals surface area contributed by atoms with Crippen molar-refractivity contribution in [1.29, 1.82) is 0 Å². The summed E-state index contributed by atoms with van der Waals surface area (Å²) in [6.45, 7) is 1.69. The Bertz CT molecular complexity index is 518. The van der Waals surface area contributed by atoms with E-state index >= 15 is 0 Å². The molecule has 21 heavy (non-hydrogen) atoms. The maximum absolute atomic E-state index is 12.0. The number of rotatable bonds is 6. The van der Waals surface area contributed by atoms with E-state index in [2.05, 4.69) is 10.6 Å². The molecule has 1 aromatic carbocycles. The van der Waals surface area contributed by atoms with Gasteiger partial charge < -0.3 is 24.8 Å². The fourth-order valence-corrected chi connectivity index (χ4v) is 1.81. The van der Waals surface area contributed by atoms with Crippen molar-refractivity contribution >= 4 is 11.8 Å². The van der Waals surface area contributed by atoms with Gasteiger partial charge in [0.05, 0.1) is 13.2 Å². The topological polar surface area (TPSA) is 85.9 Å². The van der Waals surface area contributed by atoms with E-state index in [0.29, 0.717) is 43.4 Å². The molecule has 2 rings (SSSR count). The van der Waals surface area contributed by atoms with Gasteiger partial charge in [-0.25, -0.2) is 4.79 Å². The van der Waals surface area contributed by atoms with Crippen LogP contribution >= 0.6 is 0 Å². The second kappa shape index (κ2) is 7.49. The number of ether oxygens (including phenoxy) is 3. The molecule has 2 amide bonds. The van der Waals surface area contributed by atoms with E-state index < -0.39 is 6.03 Å². The van der Waals surface area contributed by atoms with Gasteiger partial charge in [0.1, 0.15) is 13.2 Å². The van der Waals surface area contributed by atoms with Crippen LogP contribution in [-0.2, 0) is 4.74 Å². The fourth-order valence-electron chi connectivity index (χ4n) is 1.81. The first-order valence-electron chi connectivity index (χ1n) is 6.64. The highest BCUT2D eigenvalue weighted by atomic mass is 16.6. The van der Waals surface area contributed by atoms with Gasteiger partial charge in [0.25, 0.3) is 0 Å². The number of hydrogen-bond donors (Lipinski definition) is 2. The Hall–Kier alpha value is -2.28. The summed E-state index contributed by atoms with van der Waals surface area (Å²) in [5, 5.41) is 5.06. The molecule has 114 valence electrons. The molecule has 0 spiro atoms. The van der Waals surface area contributed by atoms with Gasteiger partial charge in [-0.1, -0.05) is 0 Å². The van der Waals surface area contributed by atoms with E-state index in [1.165, 1.54) is 0 Å². The molecule has 0 aliphatic carbocycles. The molecule has 0 radical (unpaired) electrons. The van der Waals surface area contributed by atoms with Crippen LogP contribution in [0.1, 0.15) is 10.4 Å². The van der Waals surface area contributed by atoms with Crippen LogP contribution in [0.3, 0.4) is 0 Å². The highest BCUT2D eigenvalue weighted by Crippen LogP contribution is 2.30. The zero-order valence-corrected chi connectivity index (χ0v) is 11.8. The Morgan fingerprint density at radius 1 is 1.19 bits per heavy atom. The molecule has 0 atom stereocenters. The normalized spacial score (nSPS) is 12.6. The Balaban J connectivity index is 1.84. The Morgan fingerprint density at radius 2 is 1.95 bits per heavy atom. The minimum absolute atomic E-state index is 0.0849. The number of nitrogens with one attached hydrogen (secondary N) is 2. The Labute approximate surface area is 122 Å². The maximum Gasteiger partial charge on any atom is 0.315 e. The smallest absolute Gasteiger partial charge is 0.315 e. The van der Waals surface area contributed by atoms with Gasteiger partial charge in [-0.2, -0.15) is 0 Å². The monoisotopic (exact) mass is 294 g/mol. The van der Waals surface area contributed by atoms with Crippen molar-refractivity contribution < 1.29 is 23.8 Å². The number of Topliss-reactive ketones (excluding diaryl/α,β-unsaturated/α-hetero) is 1. The number of carbonyl (C=O) groups excluding carboxylic acids is 2. The van der Waals surface area contributed by atoms with Crippen molar-refractivity contribution in [3.63, 3.8) is 0 Å². The third kappa shape index (κ3) is 4.35. The van der Waals surface area contributed by atoms with Crippen LogP contribution in [0.2, 0.25) is 0 Å². The van der Waals surface area contributed by atoms with Crippen molar-refractivity contribution in [2.75, 3.05) is 40.0 Å². The second-order valence-electron chi connectivity index (χ2n) is 4.38. The third-order valence-electron chi connectivity index (χ3n) is 2.87. The lowest BCUT2D eigenvalue weighted by molar-refractivity contribution is 0.0991. The minimum atomic E-state index is -0.405. The molecule has 0 saturated carbocycles. The molecule has 0 unspecified atom stereocenters. The first kappa shape index (κ1) is 15.1. The van der Waals surface area contributed by atoms with E-state index in [4.69, 9.17) is 14.2 Å². The van der Waals surface area contributed by atoms with Crippen molar-refractivity contribution in [2.45, 2.75) is 0 Å². The van der Waals surface area contributed by atoms with Crippen molar-refractivity contribution in [3.8, 4) is 11.5 Å². The lowest BCUT2D eigenvalue weighted by Crippen LogP contribution is -2.39. The van der Waals surface area contributed by atoms with Crippen molar-refractivity contribution in [1.82, 2.24) is 10.6 Å². The highest BCUT2D eigenvalue weighted by molar-refractivity contribution is 5.99. The SMILES string of the molecule is COCCNC(=O)NCC(=O)c1ccc2c(c1)OCCO2. The third-order valence-corrected chi connectivity index (χ3v) is 2.87. The minimum Gasteiger partial charge on any atom is -0.486 e. The summed E-state index contributed by atoms with van der Waals surface area (Å²) in [4.78, 5) is 23.4. The van der Waals surface area contributed by atoms with Crippen LogP contribution in [0, 0.1) is 0 Å². The molecule has 1 heterocycles. The molecular formula is C14H18N2O5. The molecule has 0 fully saturated rings. The molecule has 0 saturated heterocycles. The van der Waals surface area contributed by atoms with Crippen LogP contribution in [-0.4, -0.2) is 51.8 Å². The summed E-state index contributed by atoms with van der Waals surface area (Å²) in [7, 11) is 1.55. The molecule has 7 heteroatoms. The first-order chi connectivity index (χ1) is 10.2. The van der Waals surface area contributed by atoms with E-state index in [-0.39, 0.29) is 12.3 Å². The molecule has 0 aromatic heterocycles. The van der Waals surface area contributed by atoms with Crippen LogP contribution < -0.4 is 20.1 Å². The second-order valence-corrected chi connectivity index (χ2v) is 4.38. The lowest BCUT2D eigenvalue weighted by Gasteiger charge is -2.18. The maximum atomic E-state index is 12.0. The average Bonchev–Trinajstić information content (AvgIpc) is 2.52. The molecular weight excluding hydrogens is 276 g/mol. The van der Waals surface area contributed by atoms with E-state index in [0.717, 1.165) is 0 Å². The van der Waals surface area contributed by atoms with Crippen LogP contribution in [0.4, 0.5) is 4.79 Å². The average molecular weight is 294 g/mol. The zero-order chi connectivity index (χ0) is 15.1. The van der Waals surface area contributed by atoms with Gasteiger partial charge in [-0.15, -0.1) is 0 Å². The number of methoxy groups -OCH3 is 1. The molecule has 1 aliphatic heterocycles. The van der Waals surface area contributed by atoms with Crippen molar-refractivity contribution in [2.24, 2.45) is 0 Å². The summed E-state index contributed by atoms with van der Waals surface area (Å²) in [6, 6.07) is 4.57. The van der Waals surface area contributed by atoms with Crippen LogP contribution in [0.25, 0.3) is 0 Å². The molecule has 1 aromatic rings. The molecule has 7 nitrogen and oxygen atoms in total. The summed E-state index contributed by atoms with van der Waals surface area (Å²) < 4.78 is 15.6. The summed E-state index contributed by atoms with van der Waals surface area (Å²) in [6.07, 6.45) is 0. The molecule has 2 N–H and O–H groups in total. The van der Waals surface area contributed by atoms with Crippen LogP contribution in [0.5, 0.6) is 11.5 Å². The number of ketones is 1. The number of benzene rings is 1. The van der Waals surface area contributed by atoms with Gasteiger partial charge >= 0.3 is 6.03 Å². The number of fused-ring (bicyclic) bond motifs is 1. The number of hydrogen-bond acceptors (Lipinski definition) is 5. The van der Waals surface area contributed by atoms with Crippen molar-refractivity contribution in [3.05, 3.63) is 23.8 Å². The number of amides is 2. The van der Waals surface area contributed by atoms with Gasteiger partial charge in [0.15, 0.2) is 17.3 Å². The highest BCUT2D eigenvalue weighted by Gasteiger charge is 2.15. The van der Waals surface area contributed by atoms with Gasteiger partial charge in [0.2, 0.25) is 0 Å². The number of carbonyl (C=O) groups is 2. The van der Waals surface area contributed by atoms with E-state index in [1.54, 1.807) is 25.3 Å². The van der Waals surface area contributed by atoms with Crippen LogP contribution in [0.15, 0.2) is 18.2 Å². The quantitative estimate of drug-likeness (QED) is 0.592. The zero-order valence-electron chi connectivity index (χ0n) is 11.8. The summed E-state index contributed by atoms with van der Waals surface area (Å²) in [5.41, 5.74) is 0.469. The van der Waals surface area contributed by atoms with E-state index in [1.807, 2.05) is 0 Å². The first-order valence-corrected chi connectivity index (χ1v) is 6.64. The molecule has 1 aliphatic rings. The van der Waals surface area contributed by atoms with Gasteiger partial charge in [0, 0.05) is 19.2 Å². The standard InChI is InChI=1S/C14H18N2O5/c1-19-5-4-15-14(18)16-9-11(17)10-2-3-12-13(8-10)21-7-6-20-12/h2-3,8H,4-7,9H2,1H3,(H2,15,16,18). The predicted octanol–water partition coefficient (Wildman–Crippen LogP) is 0.586. The summed E-state index contributed by atoms with van der Waals surface area (Å²) in [5.74, 6) is 0.980. The van der Waals surface area contributed by atoms with E-state index in [9.17, 15) is 9.59 Å². The lowest BCUT2D eigenvalue weighted by atomic mass is 10.1. The Morgan fingerprint density at radius 3 is 2.71 bits per heavy atom. The Kier molecular flexibility index (Phi) is 5.39. The largest absolute Gasteiger partial charge is 0.486 e. The predicted molar refractivity (Wildman–Crippen MR) is 75.0 cm³/mol.